The largest absolute Gasteiger partial charge is 0.444 e. The van der Waals surface area contributed by atoms with E-state index in [1.54, 1.807) is 47.0 Å². The highest BCUT2D eigenvalue weighted by atomic mass is 16.6. The monoisotopic (exact) mass is 620 g/mol. The van der Waals surface area contributed by atoms with E-state index in [-0.39, 0.29) is 24.3 Å². The van der Waals surface area contributed by atoms with Gasteiger partial charge in [0, 0.05) is 44.1 Å². The second-order valence-electron chi connectivity index (χ2n) is 13.5. The van der Waals surface area contributed by atoms with Gasteiger partial charge in [0.05, 0.1) is 6.04 Å². The van der Waals surface area contributed by atoms with Crippen molar-refractivity contribution in [1.82, 2.24) is 25.8 Å². The van der Waals surface area contributed by atoms with E-state index in [0.717, 1.165) is 42.7 Å². The molecule has 3 atom stereocenters. The van der Waals surface area contributed by atoms with Crippen molar-refractivity contribution in [1.29, 1.82) is 0 Å². The van der Waals surface area contributed by atoms with E-state index in [0.29, 0.717) is 19.4 Å². The third kappa shape index (κ3) is 8.95. The van der Waals surface area contributed by atoms with Gasteiger partial charge < -0.3 is 30.5 Å². The summed E-state index contributed by atoms with van der Waals surface area (Å²) in [5.41, 5.74) is 0.781. The Kier molecular flexibility index (Phi) is 10.7. The van der Waals surface area contributed by atoms with Crippen LogP contribution in [0.5, 0.6) is 0 Å². The molecule has 0 aliphatic carbocycles. The smallest absolute Gasteiger partial charge is 0.408 e. The van der Waals surface area contributed by atoms with E-state index in [4.69, 9.17) is 4.74 Å². The van der Waals surface area contributed by atoms with Crippen molar-refractivity contribution < 1.29 is 23.9 Å². The zero-order valence-corrected chi connectivity index (χ0v) is 27.4. The van der Waals surface area contributed by atoms with Crippen molar-refractivity contribution in [3.05, 3.63) is 59.9 Å². The van der Waals surface area contributed by atoms with Crippen molar-refractivity contribution >= 4 is 29.5 Å². The van der Waals surface area contributed by atoms with Crippen molar-refractivity contribution in [3.8, 4) is 0 Å². The molecule has 45 heavy (non-hydrogen) atoms. The number of hydrogen-bond donors (Lipinski definition) is 3. The zero-order valence-electron chi connectivity index (χ0n) is 27.4. The van der Waals surface area contributed by atoms with Crippen LogP contribution in [-0.4, -0.2) is 76.6 Å². The van der Waals surface area contributed by atoms with Gasteiger partial charge in [0.1, 0.15) is 23.2 Å². The fourth-order valence-corrected chi connectivity index (χ4v) is 5.87. The van der Waals surface area contributed by atoms with Crippen LogP contribution in [0.25, 0.3) is 0 Å². The minimum Gasteiger partial charge on any atom is -0.444 e. The zero-order chi connectivity index (χ0) is 32.8. The molecular weight excluding hydrogens is 572 g/mol. The summed E-state index contributed by atoms with van der Waals surface area (Å²) in [6, 6.07) is 9.50. The quantitative estimate of drug-likeness (QED) is 0.367. The summed E-state index contributed by atoms with van der Waals surface area (Å²) in [5, 5.41) is 8.63. The van der Waals surface area contributed by atoms with Crippen molar-refractivity contribution in [2.45, 2.75) is 103 Å². The Morgan fingerprint density at radius 1 is 0.956 bits per heavy atom. The lowest BCUT2D eigenvalue weighted by Crippen LogP contribution is -2.60. The first-order valence-electron chi connectivity index (χ1n) is 15.9. The van der Waals surface area contributed by atoms with Crippen LogP contribution in [0.4, 0.5) is 10.5 Å². The fraction of sp³-hybridized carbons (Fsp3) is 0.559. The number of nitrogens with zero attached hydrogens (tertiary/aromatic N) is 3. The Bertz CT molecular complexity index is 1350. The normalized spacial score (nSPS) is 18.2. The summed E-state index contributed by atoms with van der Waals surface area (Å²) in [5.74, 6) is -1.13. The summed E-state index contributed by atoms with van der Waals surface area (Å²) in [6.45, 7) is 12.6. The number of nitrogens with one attached hydrogen (secondary N) is 3. The number of likely N-dealkylation sites (tertiary alicyclic amines) is 1. The van der Waals surface area contributed by atoms with Crippen molar-refractivity contribution in [2.75, 3.05) is 24.5 Å². The van der Waals surface area contributed by atoms with Crippen LogP contribution in [-0.2, 0) is 25.5 Å². The lowest BCUT2D eigenvalue weighted by molar-refractivity contribution is -0.141. The SMILES string of the molecule is C[C@H](NC(=O)C(C)(C)NC(=O)[C@H]1CCCN1C(=O)[C@H](Cc1cnccc1N1CCCC1)NC(=O)OC(C)(C)C)c1ccccc1. The maximum absolute atomic E-state index is 14.2. The highest BCUT2D eigenvalue weighted by Crippen LogP contribution is 2.27. The average Bonchev–Trinajstić information content (AvgIpc) is 3.69. The highest BCUT2D eigenvalue weighted by Gasteiger charge is 2.41. The predicted molar refractivity (Wildman–Crippen MR) is 173 cm³/mol. The molecule has 4 amide bonds. The van der Waals surface area contributed by atoms with Gasteiger partial charge in [0.2, 0.25) is 17.7 Å². The molecule has 3 heterocycles. The van der Waals surface area contributed by atoms with Crippen LogP contribution in [0.2, 0.25) is 0 Å². The van der Waals surface area contributed by atoms with Gasteiger partial charge in [0.15, 0.2) is 0 Å². The van der Waals surface area contributed by atoms with E-state index in [2.05, 4.69) is 25.8 Å². The topological polar surface area (TPSA) is 133 Å². The summed E-state index contributed by atoms with van der Waals surface area (Å²) in [4.78, 5) is 62.1. The Morgan fingerprint density at radius 3 is 2.31 bits per heavy atom. The number of alkyl carbamates (subject to hydrolysis) is 1. The van der Waals surface area contributed by atoms with Gasteiger partial charge in [-0.15, -0.1) is 0 Å². The maximum Gasteiger partial charge on any atom is 0.408 e. The lowest BCUT2D eigenvalue weighted by Gasteiger charge is -2.33. The number of aromatic nitrogens is 1. The van der Waals surface area contributed by atoms with Crippen LogP contribution < -0.4 is 20.9 Å². The molecule has 2 aliphatic heterocycles. The van der Waals surface area contributed by atoms with Crippen LogP contribution in [0, 0.1) is 0 Å². The molecule has 2 aliphatic rings. The number of amides is 4. The standard InChI is InChI=1S/C34H48N6O5/c1-23(24-13-8-7-9-14-24)36-31(43)34(5,6)38-29(41)28-15-12-20-40(28)30(42)26(37-32(44)45-33(2,3)4)21-25-22-35-17-16-27(25)39-18-10-11-19-39/h7-9,13-14,16-17,22-23,26,28H,10-12,15,18-21H2,1-6H3,(H,36,43)(H,37,44)(H,38,41)/t23-,26-,28+/m0/s1. The fourth-order valence-electron chi connectivity index (χ4n) is 5.87. The molecule has 2 saturated heterocycles. The molecule has 1 aromatic heterocycles. The number of hydrogen-bond acceptors (Lipinski definition) is 7. The maximum atomic E-state index is 14.2. The number of carbonyl (C=O) groups excluding carboxylic acids is 4. The van der Waals surface area contributed by atoms with Crippen LogP contribution >= 0.6 is 0 Å². The van der Waals surface area contributed by atoms with E-state index in [1.165, 1.54) is 4.90 Å². The minimum absolute atomic E-state index is 0.188. The summed E-state index contributed by atoms with van der Waals surface area (Å²) < 4.78 is 5.51. The second-order valence-corrected chi connectivity index (χ2v) is 13.5. The Balaban J connectivity index is 1.50. The molecule has 0 radical (unpaired) electrons. The van der Waals surface area contributed by atoms with Gasteiger partial charge in [0.25, 0.3) is 0 Å². The molecule has 2 aromatic rings. The molecule has 3 N–H and O–H groups in total. The first-order chi connectivity index (χ1) is 21.2. The van der Waals surface area contributed by atoms with Gasteiger partial charge >= 0.3 is 6.09 Å². The minimum atomic E-state index is -1.23. The van der Waals surface area contributed by atoms with Crippen molar-refractivity contribution in [3.63, 3.8) is 0 Å². The third-order valence-electron chi connectivity index (χ3n) is 8.23. The average molecular weight is 621 g/mol. The summed E-state index contributed by atoms with van der Waals surface area (Å²) in [6.07, 6.45) is 6.18. The van der Waals surface area contributed by atoms with E-state index >= 15 is 0 Å². The molecule has 244 valence electrons. The molecule has 0 bridgehead atoms. The van der Waals surface area contributed by atoms with E-state index in [9.17, 15) is 19.2 Å². The number of rotatable bonds is 10. The molecule has 4 rings (SSSR count). The van der Waals surface area contributed by atoms with Gasteiger partial charge in [-0.2, -0.15) is 0 Å². The number of carbonyl (C=O) groups is 4. The van der Waals surface area contributed by atoms with Crippen LogP contribution in [0.3, 0.4) is 0 Å². The number of pyridine rings is 1. The summed E-state index contributed by atoms with van der Waals surface area (Å²) in [7, 11) is 0. The Morgan fingerprint density at radius 2 is 1.64 bits per heavy atom. The molecule has 11 heteroatoms. The number of anilines is 1. The first kappa shape index (κ1) is 33.7. The predicted octanol–water partition coefficient (Wildman–Crippen LogP) is 3.88. The lowest BCUT2D eigenvalue weighted by atomic mass is 10.0. The Hall–Kier alpha value is -4.15. The molecule has 11 nitrogen and oxygen atoms in total. The molecule has 1 aromatic carbocycles. The van der Waals surface area contributed by atoms with Gasteiger partial charge in [-0.1, -0.05) is 30.3 Å². The molecular formula is C34H48N6O5. The van der Waals surface area contributed by atoms with Crippen LogP contribution in [0.15, 0.2) is 48.8 Å². The van der Waals surface area contributed by atoms with E-state index < -0.39 is 35.2 Å². The Labute approximate surface area is 266 Å². The van der Waals surface area contributed by atoms with Gasteiger partial charge in [-0.3, -0.25) is 19.4 Å². The third-order valence-corrected chi connectivity index (χ3v) is 8.23. The molecule has 0 unspecified atom stereocenters. The molecule has 2 fully saturated rings. The van der Waals surface area contributed by atoms with Gasteiger partial charge in [-0.25, -0.2) is 4.79 Å². The first-order valence-corrected chi connectivity index (χ1v) is 15.9. The number of benzene rings is 1. The molecule has 0 spiro atoms. The molecule has 0 saturated carbocycles. The van der Waals surface area contributed by atoms with Crippen molar-refractivity contribution in [2.24, 2.45) is 0 Å². The van der Waals surface area contributed by atoms with Gasteiger partial charge in [-0.05, 0) is 84.4 Å². The second kappa shape index (κ2) is 14.3. The van der Waals surface area contributed by atoms with Crippen LogP contribution in [0.1, 0.15) is 84.4 Å². The summed E-state index contributed by atoms with van der Waals surface area (Å²) >= 11 is 0. The number of ether oxygens (including phenoxy) is 1. The highest BCUT2D eigenvalue weighted by molar-refractivity contribution is 5.96. The van der Waals surface area contributed by atoms with E-state index in [1.807, 2.05) is 43.3 Å².